The number of rotatable bonds is 4. The molecule has 82 valence electrons. The van der Waals surface area contributed by atoms with Crippen LogP contribution in [-0.4, -0.2) is 29.6 Å². The van der Waals surface area contributed by atoms with E-state index >= 15 is 0 Å². The van der Waals surface area contributed by atoms with E-state index in [4.69, 9.17) is 5.21 Å². The van der Waals surface area contributed by atoms with Gasteiger partial charge in [0.15, 0.2) is 0 Å². The van der Waals surface area contributed by atoms with Crippen LogP contribution in [0.2, 0.25) is 0 Å². The second-order valence-electron chi connectivity index (χ2n) is 3.16. The molecular weight excluding hydrogens is 192 g/mol. The number of benzene rings is 1. The average molecular weight is 208 g/mol. The van der Waals surface area contributed by atoms with Crippen LogP contribution in [0.1, 0.15) is 19.4 Å². The summed E-state index contributed by atoms with van der Waals surface area (Å²) < 4.78 is 0. The SMILES string of the molecule is CCN(CC)c1ccc(/C=N\O)c(O)c1. The summed E-state index contributed by atoms with van der Waals surface area (Å²) in [6.07, 6.45) is 1.21. The van der Waals surface area contributed by atoms with E-state index < -0.39 is 0 Å². The summed E-state index contributed by atoms with van der Waals surface area (Å²) in [5, 5.41) is 20.9. The maximum absolute atomic E-state index is 9.63. The first-order chi connectivity index (χ1) is 7.22. The standard InChI is InChI=1S/C11H16N2O2/c1-3-13(4-2)10-6-5-9(8-12-15)11(14)7-10/h5-8,14-15H,3-4H2,1-2H3/b12-8-. The fourth-order valence-corrected chi connectivity index (χ4v) is 1.49. The summed E-state index contributed by atoms with van der Waals surface area (Å²) in [5.74, 6) is 0.122. The van der Waals surface area contributed by atoms with E-state index in [-0.39, 0.29) is 5.75 Å². The molecule has 4 heteroatoms. The molecule has 0 spiro atoms. The van der Waals surface area contributed by atoms with Crippen molar-refractivity contribution >= 4 is 11.9 Å². The van der Waals surface area contributed by atoms with Crippen molar-refractivity contribution in [3.8, 4) is 5.75 Å². The topological polar surface area (TPSA) is 56.1 Å². The van der Waals surface area contributed by atoms with Crippen molar-refractivity contribution in [3.63, 3.8) is 0 Å². The van der Waals surface area contributed by atoms with Gasteiger partial charge < -0.3 is 15.2 Å². The Bertz CT molecular complexity index is 346. The highest BCUT2D eigenvalue weighted by atomic mass is 16.4. The molecule has 0 atom stereocenters. The second kappa shape index (κ2) is 5.24. The molecule has 1 aromatic rings. The van der Waals surface area contributed by atoms with E-state index in [9.17, 15) is 5.11 Å². The van der Waals surface area contributed by atoms with E-state index in [0.717, 1.165) is 18.8 Å². The Hall–Kier alpha value is -1.71. The summed E-state index contributed by atoms with van der Waals surface area (Å²) >= 11 is 0. The van der Waals surface area contributed by atoms with Crippen LogP contribution in [-0.2, 0) is 0 Å². The molecule has 0 bridgehead atoms. The van der Waals surface area contributed by atoms with Crippen molar-refractivity contribution in [2.24, 2.45) is 5.16 Å². The van der Waals surface area contributed by atoms with E-state index in [1.54, 1.807) is 12.1 Å². The Labute approximate surface area is 89.5 Å². The minimum atomic E-state index is 0.122. The maximum atomic E-state index is 9.63. The van der Waals surface area contributed by atoms with Gasteiger partial charge in [-0.1, -0.05) is 5.16 Å². The van der Waals surface area contributed by atoms with Crippen LogP contribution >= 0.6 is 0 Å². The molecule has 0 radical (unpaired) electrons. The first kappa shape index (κ1) is 11.4. The van der Waals surface area contributed by atoms with Crippen LogP contribution < -0.4 is 4.90 Å². The number of phenolic OH excluding ortho intramolecular Hbond substituents is 1. The summed E-state index contributed by atoms with van der Waals surface area (Å²) in [5.41, 5.74) is 1.47. The molecular formula is C11H16N2O2. The predicted molar refractivity (Wildman–Crippen MR) is 61.0 cm³/mol. The summed E-state index contributed by atoms with van der Waals surface area (Å²) in [6, 6.07) is 5.29. The summed E-state index contributed by atoms with van der Waals surface area (Å²) in [6.45, 7) is 5.90. The molecule has 2 N–H and O–H groups in total. The molecule has 1 aromatic carbocycles. The fraction of sp³-hybridized carbons (Fsp3) is 0.364. The van der Waals surface area contributed by atoms with Crippen LogP contribution in [0, 0.1) is 0 Å². The average Bonchev–Trinajstić information content (AvgIpc) is 2.24. The van der Waals surface area contributed by atoms with Crippen molar-refractivity contribution in [2.45, 2.75) is 13.8 Å². The van der Waals surface area contributed by atoms with Gasteiger partial charge in [0.1, 0.15) is 5.75 Å². The van der Waals surface area contributed by atoms with Crippen LogP contribution in [0.4, 0.5) is 5.69 Å². The van der Waals surface area contributed by atoms with Crippen LogP contribution in [0.3, 0.4) is 0 Å². The number of hydrogen-bond donors (Lipinski definition) is 2. The summed E-state index contributed by atoms with van der Waals surface area (Å²) in [4.78, 5) is 2.12. The second-order valence-corrected chi connectivity index (χ2v) is 3.16. The lowest BCUT2D eigenvalue weighted by atomic mass is 10.2. The largest absolute Gasteiger partial charge is 0.507 e. The molecule has 15 heavy (non-hydrogen) atoms. The zero-order valence-electron chi connectivity index (χ0n) is 9.01. The van der Waals surface area contributed by atoms with Gasteiger partial charge in [0.25, 0.3) is 0 Å². The molecule has 0 unspecified atom stereocenters. The predicted octanol–water partition coefficient (Wildman–Crippen LogP) is 2.05. The quantitative estimate of drug-likeness (QED) is 0.452. The number of anilines is 1. The Morgan fingerprint density at radius 2 is 2.00 bits per heavy atom. The highest BCUT2D eigenvalue weighted by Crippen LogP contribution is 2.23. The molecule has 0 aliphatic rings. The van der Waals surface area contributed by atoms with Crippen LogP contribution in [0.15, 0.2) is 23.4 Å². The molecule has 0 saturated heterocycles. The molecule has 0 fully saturated rings. The monoisotopic (exact) mass is 208 g/mol. The normalized spacial score (nSPS) is 10.8. The Morgan fingerprint density at radius 1 is 1.33 bits per heavy atom. The smallest absolute Gasteiger partial charge is 0.126 e. The lowest BCUT2D eigenvalue weighted by Crippen LogP contribution is -2.21. The van der Waals surface area contributed by atoms with Gasteiger partial charge in [0.2, 0.25) is 0 Å². The number of nitrogens with zero attached hydrogens (tertiary/aromatic N) is 2. The van der Waals surface area contributed by atoms with Crippen molar-refractivity contribution < 1.29 is 10.3 Å². The fourth-order valence-electron chi connectivity index (χ4n) is 1.49. The third-order valence-corrected chi connectivity index (χ3v) is 2.34. The zero-order valence-corrected chi connectivity index (χ0v) is 9.01. The highest BCUT2D eigenvalue weighted by Gasteiger charge is 2.05. The van der Waals surface area contributed by atoms with Gasteiger partial charge in [-0.15, -0.1) is 0 Å². The van der Waals surface area contributed by atoms with E-state index in [2.05, 4.69) is 23.9 Å². The molecule has 0 aromatic heterocycles. The van der Waals surface area contributed by atoms with Crippen molar-refractivity contribution in [2.75, 3.05) is 18.0 Å². The van der Waals surface area contributed by atoms with Crippen molar-refractivity contribution in [1.29, 1.82) is 0 Å². The Balaban J connectivity index is 2.99. The third kappa shape index (κ3) is 2.62. The molecule has 0 amide bonds. The zero-order chi connectivity index (χ0) is 11.3. The lowest BCUT2D eigenvalue weighted by molar-refractivity contribution is 0.321. The van der Waals surface area contributed by atoms with Gasteiger partial charge in [-0.25, -0.2) is 0 Å². The number of aromatic hydroxyl groups is 1. The first-order valence-electron chi connectivity index (χ1n) is 4.98. The highest BCUT2D eigenvalue weighted by molar-refractivity contribution is 5.84. The third-order valence-electron chi connectivity index (χ3n) is 2.34. The van der Waals surface area contributed by atoms with Gasteiger partial charge in [0.05, 0.1) is 6.21 Å². The Kier molecular flexibility index (Phi) is 3.97. The number of oxime groups is 1. The molecule has 1 rings (SSSR count). The minimum absolute atomic E-state index is 0.122. The van der Waals surface area contributed by atoms with E-state index in [1.807, 2.05) is 6.07 Å². The molecule has 0 saturated carbocycles. The number of phenols is 1. The van der Waals surface area contributed by atoms with Gasteiger partial charge in [-0.2, -0.15) is 0 Å². The van der Waals surface area contributed by atoms with Gasteiger partial charge in [0, 0.05) is 30.4 Å². The summed E-state index contributed by atoms with van der Waals surface area (Å²) in [7, 11) is 0. The maximum Gasteiger partial charge on any atom is 0.126 e. The molecule has 0 aliphatic carbocycles. The number of hydrogen-bond acceptors (Lipinski definition) is 4. The Morgan fingerprint density at radius 3 is 2.47 bits per heavy atom. The minimum Gasteiger partial charge on any atom is -0.507 e. The first-order valence-corrected chi connectivity index (χ1v) is 4.98. The van der Waals surface area contributed by atoms with Gasteiger partial charge in [-0.3, -0.25) is 0 Å². The molecule has 4 nitrogen and oxygen atoms in total. The molecule has 0 heterocycles. The van der Waals surface area contributed by atoms with Gasteiger partial charge >= 0.3 is 0 Å². The van der Waals surface area contributed by atoms with Crippen molar-refractivity contribution in [1.82, 2.24) is 0 Å². The van der Waals surface area contributed by atoms with E-state index in [1.165, 1.54) is 6.21 Å². The lowest BCUT2D eigenvalue weighted by Gasteiger charge is -2.21. The van der Waals surface area contributed by atoms with Crippen LogP contribution in [0.5, 0.6) is 5.75 Å². The molecule has 0 aliphatic heterocycles. The van der Waals surface area contributed by atoms with Gasteiger partial charge in [-0.05, 0) is 26.0 Å². The van der Waals surface area contributed by atoms with E-state index in [0.29, 0.717) is 5.56 Å². The van der Waals surface area contributed by atoms with Crippen molar-refractivity contribution in [3.05, 3.63) is 23.8 Å². The van der Waals surface area contributed by atoms with Crippen LogP contribution in [0.25, 0.3) is 0 Å².